The molecule has 0 saturated heterocycles. The van der Waals surface area contributed by atoms with E-state index in [0.717, 1.165) is 5.56 Å². The van der Waals surface area contributed by atoms with E-state index in [1.807, 2.05) is 0 Å². The molecule has 2 N–H and O–H groups in total. The second-order valence-electron chi connectivity index (χ2n) is 5.80. The molecule has 1 amide bonds. The number of amides is 1. The number of ether oxygens (including phenoxy) is 2. The van der Waals surface area contributed by atoms with Gasteiger partial charge < -0.3 is 20.1 Å². The quantitative estimate of drug-likeness (QED) is 0.721. The normalized spacial score (nSPS) is 11.9. The molecular weight excluding hydrogens is 351 g/mol. The second-order valence-corrected chi connectivity index (χ2v) is 5.80. The van der Waals surface area contributed by atoms with Gasteiger partial charge in [-0.15, -0.1) is 0 Å². The molecule has 2 heterocycles. The van der Waals surface area contributed by atoms with E-state index >= 15 is 0 Å². The van der Waals surface area contributed by atoms with Gasteiger partial charge in [-0.1, -0.05) is 12.1 Å². The monoisotopic (exact) mass is 366 g/mol. The van der Waals surface area contributed by atoms with Crippen LogP contribution in [-0.2, 0) is 6.54 Å². The van der Waals surface area contributed by atoms with Gasteiger partial charge in [0.15, 0.2) is 11.5 Å². The number of fused-ring (bicyclic) bond motifs is 1. The van der Waals surface area contributed by atoms with Crippen LogP contribution in [0, 0.1) is 5.82 Å². The number of carbonyl (C=O) groups is 1. The third kappa shape index (κ3) is 3.95. The topological polar surface area (TPSA) is 85.4 Å². The van der Waals surface area contributed by atoms with Crippen molar-refractivity contribution in [3.63, 3.8) is 0 Å². The molecule has 0 atom stereocenters. The number of hydrogen-bond acceptors (Lipinski definition) is 6. The van der Waals surface area contributed by atoms with Gasteiger partial charge in [-0.2, -0.15) is 0 Å². The van der Waals surface area contributed by atoms with E-state index in [2.05, 4.69) is 20.6 Å². The van der Waals surface area contributed by atoms with Gasteiger partial charge in [0.2, 0.25) is 12.7 Å². The van der Waals surface area contributed by atoms with Gasteiger partial charge in [0, 0.05) is 30.7 Å². The van der Waals surface area contributed by atoms with Gasteiger partial charge in [-0.25, -0.2) is 14.4 Å². The third-order valence-corrected chi connectivity index (χ3v) is 3.91. The summed E-state index contributed by atoms with van der Waals surface area (Å²) >= 11 is 0. The van der Waals surface area contributed by atoms with Crippen LogP contribution in [0.4, 0.5) is 16.0 Å². The molecule has 8 heteroatoms. The highest BCUT2D eigenvalue weighted by Gasteiger charge is 2.15. The first-order valence-corrected chi connectivity index (χ1v) is 8.19. The standard InChI is InChI=1S/C19H15FN4O3/c20-14-3-1-12(2-4-14)8-21-19-22-9-13(10-23-19)18(25)24-15-5-6-16-17(7-15)27-11-26-16/h1-7,9-10H,8,11H2,(H,24,25)(H,21,22,23). The van der Waals surface area contributed by atoms with Gasteiger partial charge in [0.25, 0.3) is 5.91 Å². The van der Waals surface area contributed by atoms with Crippen molar-refractivity contribution in [3.05, 3.63) is 71.8 Å². The zero-order chi connectivity index (χ0) is 18.6. The summed E-state index contributed by atoms with van der Waals surface area (Å²) in [5.41, 5.74) is 1.80. The van der Waals surface area contributed by atoms with Crippen molar-refractivity contribution in [1.29, 1.82) is 0 Å². The highest BCUT2D eigenvalue weighted by atomic mass is 19.1. The van der Waals surface area contributed by atoms with Crippen molar-refractivity contribution < 1.29 is 18.7 Å². The Hall–Kier alpha value is -3.68. The van der Waals surface area contributed by atoms with Crippen molar-refractivity contribution in [2.45, 2.75) is 6.54 Å². The SMILES string of the molecule is O=C(Nc1ccc2c(c1)OCO2)c1cnc(NCc2ccc(F)cc2)nc1. The number of carbonyl (C=O) groups excluding carboxylic acids is 1. The van der Waals surface area contributed by atoms with Crippen molar-refractivity contribution in [3.8, 4) is 11.5 Å². The Balaban J connectivity index is 1.36. The molecule has 3 aromatic rings. The number of nitrogens with zero attached hydrogens (tertiary/aromatic N) is 2. The largest absolute Gasteiger partial charge is 0.454 e. The lowest BCUT2D eigenvalue weighted by Crippen LogP contribution is -2.13. The molecule has 7 nitrogen and oxygen atoms in total. The summed E-state index contributed by atoms with van der Waals surface area (Å²) in [5, 5.41) is 5.78. The van der Waals surface area contributed by atoms with E-state index in [1.165, 1.54) is 24.5 Å². The Morgan fingerprint density at radius 1 is 1.04 bits per heavy atom. The summed E-state index contributed by atoms with van der Waals surface area (Å²) in [5.74, 6) is 0.989. The number of hydrogen-bond donors (Lipinski definition) is 2. The van der Waals surface area contributed by atoms with Crippen molar-refractivity contribution in [2.75, 3.05) is 17.4 Å². The molecule has 0 fully saturated rings. The summed E-state index contributed by atoms with van der Waals surface area (Å²) in [7, 11) is 0. The summed E-state index contributed by atoms with van der Waals surface area (Å²) < 4.78 is 23.4. The summed E-state index contributed by atoms with van der Waals surface area (Å²) in [6.45, 7) is 0.621. The average Bonchev–Trinajstić information content (AvgIpc) is 3.16. The molecule has 27 heavy (non-hydrogen) atoms. The highest BCUT2D eigenvalue weighted by molar-refractivity contribution is 6.04. The molecule has 136 valence electrons. The number of nitrogens with one attached hydrogen (secondary N) is 2. The van der Waals surface area contributed by atoms with Crippen LogP contribution in [-0.4, -0.2) is 22.7 Å². The zero-order valence-electron chi connectivity index (χ0n) is 14.1. The van der Waals surface area contributed by atoms with Crippen LogP contribution < -0.4 is 20.1 Å². The van der Waals surface area contributed by atoms with E-state index in [4.69, 9.17) is 9.47 Å². The summed E-state index contributed by atoms with van der Waals surface area (Å²) in [6.07, 6.45) is 2.87. The lowest BCUT2D eigenvalue weighted by molar-refractivity contribution is 0.102. The second kappa shape index (κ2) is 7.28. The number of benzene rings is 2. The molecule has 0 aliphatic carbocycles. The Labute approximate surface area is 154 Å². The Morgan fingerprint density at radius 3 is 2.56 bits per heavy atom. The number of halogens is 1. The fourth-order valence-electron chi connectivity index (χ4n) is 2.50. The summed E-state index contributed by atoms with van der Waals surface area (Å²) in [6, 6.07) is 11.3. The smallest absolute Gasteiger partial charge is 0.258 e. The maximum absolute atomic E-state index is 12.9. The Morgan fingerprint density at radius 2 is 1.78 bits per heavy atom. The molecule has 0 unspecified atom stereocenters. The highest BCUT2D eigenvalue weighted by Crippen LogP contribution is 2.34. The van der Waals surface area contributed by atoms with E-state index < -0.39 is 0 Å². The molecule has 2 aromatic carbocycles. The molecule has 1 aromatic heterocycles. The number of aromatic nitrogens is 2. The van der Waals surface area contributed by atoms with Gasteiger partial charge in [-0.05, 0) is 29.8 Å². The first-order valence-electron chi connectivity index (χ1n) is 8.19. The molecule has 1 aliphatic rings. The minimum atomic E-state index is -0.334. The minimum absolute atomic E-state index is 0.174. The lowest BCUT2D eigenvalue weighted by Gasteiger charge is -2.07. The predicted octanol–water partition coefficient (Wildman–Crippen LogP) is 3.21. The van der Waals surface area contributed by atoms with Crippen LogP contribution in [0.25, 0.3) is 0 Å². The molecule has 0 spiro atoms. The van der Waals surface area contributed by atoms with Crippen molar-refractivity contribution >= 4 is 17.5 Å². The van der Waals surface area contributed by atoms with Crippen LogP contribution in [0.3, 0.4) is 0 Å². The van der Waals surface area contributed by atoms with E-state index in [0.29, 0.717) is 35.2 Å². The third-order valence-electron chi connectivity index (χ3n) is 3.91. The van der Waals surface area contributed by atoms with Crippen molar-refractivity contribution in [2.24, 2.45) is 0 Å². The van der Waals surface area contributed by atoms with E-state index in [1.54, 1.807) is 30.3 Å². The Bertz CT molecular complexity index is 962. The van der Waals surface area contributed by atoms with Crippen LogP contribution in [0.5, 0.6) is 11.5 Å². The van der Waals surface area contributed by atoms with Crippen LogP contribution in [0.2, 0.25) is 0 Å². The van der Waals surface area contributed by atoms with E-state index in [-0.39, 0.29) is 18.5 Å². The number of rotatable bonds is 5. The van der Waals surface area contributed by atoms with Gasteiger partial charge >= 0.3 is 0 Å². The average molecular weight is 366 g/mol. The van der Waals surface area contributed by atoms with Gasteiger partial charge in [-0.3, -0.25) is 4.79 Å². The Kier molecular flexibility index (Phi) is 4.52. The molecule has 1 aliphatic heterocycles. The van der Waals surface area contributed by atoms with Crippen LogP contribution in [0.1, 0.15) is 15.9 Å². The predicted molar refractivity (Wildman–Crippen MR) is 96.3 cm³/mol. The maximum Gasteiger partial charge on any atom is 0.258 e. The first-order chi connectivity index (χ1) is 13.2. The molecule has 0 radical (unpaired) electrons. The lowest BCUT2D eigenvalue weighted by atomic mass is 10.2. The number of anilines is 2. The molecule has 0 saturated carbocycles. The fraction of sp³-hybridized carbons (Fsp3) is 0.105. The van der Waals surface area contributed by atoms with Crippen LogP contribution in [0.15, 0.2) is 54.9 Å². The van der Waals surface area contributed by atoms with Crippen LogP contribution >= 0.6 is 0 Å². The van der Waals surface area contributed by atoms with Gasteiger partial charge in [0.1, 0.15) is 5.82 Å². The molecule has 0 bridgehead atoms. The summed E-state index contributed by atoms with van der Waals surface area (Å²) in [4.78, 5) is 20.6. The van der Waals surface area contributed by atoms with E-state index in [9.17, 15) is 9.18 Å². The first kappa shape index (κ1) is 16.8. The zero-order valence-corrected chi connectivity index (χ0v) is 14.1. The fourth-order valence-corrected chi connectivity index (χ4v) is 2.50. The maximum atomic E-state index is 12.9. The molecular formula is C19H15FN4O3. The van der Waals surface area contributed by atoms with Gasteiger partial charge in [0.05, 0.1) is 5.56 Å². The van der Waals surface area contributed by atoms with Crippen molar-refractivity contribution in [1.82, 2.24) is 9.97 Å². The molecule has 4 rings (SSSR count). The minimum Gasteiger partial charge on any atom is -0.454 e.